The number of nitrogens with one attached hydrogen (secondary N) is 1. The van der Waals surface area contributed by atoms with Crippen molar-refractivity contribution in [2.45, 2.75) is 45.8 Å². The van der Waals surface area contributed by atoms with Gasteiger partial charge in [0.05, 0.1) is 6.20 Å². The highest BCUT2D eigenvalue weighted by Crippen LogP contribution is 2.35. The number of hydrogen-bond acceptors (Lipinski definition) is 2. The number of aromatic nitrogens is 2. The van der Waals surface area contributed by atoms with E-state index in [0.717, 1.165) is 37.1 Å². The van der Waals surface area contributed by atoms with E-state index < -0.39 is 0 Å². The van der Waals surface area contributed by atoms with Gasteiger partial charge >= 0.3 is 0 Å². The van der Waals surface area contributed by atoms with Crippen LogP contribution in [0.5, 0.6) is 0 Å². The van der Waals surface area contributed by atoms with Gasteiger partial charge in [0.2, 0.25) is 0 Å². The zero-order valence-corrected chi connectivity index (χ0v) is 12.6. The summed E-state index contributed by atoms with van der Waals surface area (Å²) in [5, 5.41) is 7.88. The second-order valence-electron chi connectivity index (χ2n) is 5.89. The molecule has 1 heterocycles. The Bertz CT molecular complexity index is 620. The van der Waals surface area contributed by atoms with Crippen LogP contribution < -0.4 is 5.32 Å². The minimum Gasteiger partial charge on any atom is -0.305 e. The van der Waals surface area contributed by atoms with Gasteiger partial charge in [0.25, 0.3) is 0 Å². The maximum Gasteiger partial charge on any atom is 0.126 e. The fourth-order valence-corrected chi connectivity index (χ4v) is 3.19. The molecule has 21 heavy (non-hydrogen) atoms. The van der Waals surface area contributed by atoms with Gasteiger partial charge in [-0.25, -0.2) is 4.39 Å². The molecule has 112 valence electrons. The van der Waals surface area contributed by atoms with Crippen molar-refractivity contribution >= 4 is 0 Å². The summed E-state index contributed by atoms with van der Waals surface area (Å²) in [6, 6.07) is 5.66. The number of aryl methyl sites for hydroxylation is 1. The number of benzene rings is 1. The van der Waals surface area contributed by atoms with Crippen molar-refractivity contribution in [1.82, 2.24) is 15.1 Å². The van der Waals surface area contributed by atoms with E-state index in [9.17, 15) is 4.39 Å². The molecular formula is C17H22FN3. The molecule has 3 rings (SSSR count). The van der Waals surface area contributed by atoms with Crippen molar-refractivity contribution in [1.29, 1.82) is 0 Å². The molecule has 1 aliphatic rings. The molecule has 0 unspecified atom stereocenters. The number of fused-ring (bicyclic) bond motifs is 1. The van der Waals surface area contributed by atoms with Crippen LogP contribution in [0.4, 0.5) is 4.39 Å². The predicted octanol–water partition coefficient (Wildman–Crippen LogP) is 3.46. The van der Waals surface area contributed by atoms with Gasteiger partial charge in [0.1, 0.15) is 5.82 Å². The molecule has 0 saturated carbocycles. The third kappa shape index (κ3) is 2.86. The molecule has 0 fully saturated rings. The summed E-state index contributed by atoms with van der Waals surface area (Å²) in [6.45, 7) is 5.96. The van der Waals surface area contributed by atoms with E-state index in [1.165, 1.54) is 5.56 Å². The van der Waals surface area contributed by atoms with Crippen LogP contribution in [0.3, 0.4) is 0 Å². The molecule has 1 aromatic carbocycles. The Morgan fingerprint density at radius 3 is 3.05 bits per heavy atom. The Hall–Kier alpha value is -1.68. The SMILES string of the molecule is CCn1cc(CN[C@@H]2c3cccc(F)c3CC[C@@H]2C)cn1. The molecule has 2 aromatic rings. The first kappa shape index (κ1) is 14.3. The zero-order valence-electron chi connectivity index (χ0n) is 12.6. The largest absolute Gasteiger partial charge is 0.305 e. The molecule has 1 N–H and O–H groups in total. The predicted molar refractivity (Wildman–Crippen MR) is 81.4 cm³/mol. The maximum absolute atomic E-state index is 13.9. The number of rotatable bonds is 4. The molecule has 0 saturated heterocycles. The molecule has 1 aliphatic carbocycles. The Morgan fingerprint density at radius 1 is 1.43 bits per heavy atom. The first-order valence-electron chi connectivity index (χ1n) is 7.71. The quantitative estimate of drug-likeness (QED) is 0.933. The summed E-state index contributed by atoms with van der Waals surface area (Å²) in [4.78, 5) is 0. The standard InChI is InChI=1S/C17H22FN3/c1-3-21-11-13(10-20-21)9-19-17-12(2)7-8-14-15(17)5-4-6-16(14)18/h4-6,10-12,17,19H,3,7-9H2,1-2H3/t12-,17-/m0/s1. The van der Waals surface area contributed by atoms with E-state index in [2.05, 4.69) is 36.5 Å². The average Bonchev–Trinajstić information content (AvgIpc) is 2.94. The molecule has 0 amide bonds. The number of nitrogens with zero attached hydrogens (tertiary/aromatic N) is 2. The van der Waals surface area contributed by atoms with Crippen molar-refractivity contribution in [3.05, 3.63) is 53.1 Å². The monoisotopic (exact) mass is 287 g/mol. The average molecular weight is 287 g/mol. The smallest absolute Gasteiger partial charge is 0.126 e. The summed E-state index contributed by atoms with van der Waals surface area (Å²) >= 11 is 0. The molecule has 0 spiro atoms. The molecular weight excluding hydrogens is 265 g/mol. The third-order valence-corrected chi connectivity index (χ3v) is 4.45. The summed E-state index contributed by atoms with van der Waals surface area (Å²) in [7, 11) is 0. The highest BCUT2D eigenvalue weighted by molar-refractivity contribution is 5.34. The Kier molecular flexibility index (Phi) is 4.06. The topological polar surface area (TPSA) is 29.9 Å². The maximum atomic E-state index is 13.9. The lowest BCUT2D eigenvalue weighted by Gasteiger charge is -2.32. The van der Waals surface area contributed by atoms with Gasteiger partial charge in [-0.05, 0) is 42.9 Å². The second kappa shape index (κ2) is 5.98. The highest BCUT2D eigenvalue weighted by Gasteiger charge is 2.27. The lowest BCUT2D eigenvalue weighted by atomic mass is 9.80. The van der Waals surface area contributed by atoms with Crippen molar-refractivity contribution in [2.75, 3.05) is 0 Å². The van der Waals surface area contributed by atoms with Gasteiger partial charge < -0.3 is 5.32 Å². The van der Waals surface area contributed by atoms with E-state index in [1.807, 2.05) is 16.9 Å². The number of hydrogen-bond donors (Lipinski definition) is 1. The van der Waals surface area contributed by atoms with Gasteiger partial charge in [0.15, 0.2) is 0 Å². The molecule has 4 heteroatoms. The van der Waals surface area contributed by atoms with Gasteiger partial charge in [-0.2, -0.15) is 5.10 Å². The lowest BCUT2D eigenvalue weighted by Crippen LogP contribution is -2.31. The molecule has 2 atom stereocenters. The van der Waals surface area contributed by atoms with Gasteiger partial charge in [-0.1, -0.05) is 19.1 Å². The van der Waals surface area contributed by atoms with Crippen molar-refractivity contribution in [3.63, 3.8) is 0 Å². The van der Waals surface area contributed by atoms with E-state index in [-0.39, 0.29) is 11.9 Å². The van der Waals surface area contributed by atoms with E-state index in [4.69, 9.17) is 0 Å². The van der Waals surface area contributed by atoms with E-state index in [0.29, 0.717) is 5.92 Å². The fraction of sp³-hybridized carbons (Fsp3) is 0.471. The molecule has 1 aromatic heterocycles. The fourth-order valence-electron chi connectivity index (χ4n) is 3.19. The molecule has 0 radical (unpaired) electrons. The van der Waals surface area contributed by atoms with Crippen LogP contribution in [-0.4, -0.2) is 9.78 Å². The Labute approximate surface area is 125 Å². The van der Waals surface area contributed by atoms with Crippen LogP contribution in [0, 0.1) is 11.7 Å². The minimum absolute atomic E-state index is 0.0648. The normalized spacial score (nSPS) is 21.3. The van der Waals surface area contributed by atoms with E-state index in [1.54, 1.807) is 6.07 Å². The van der Waals surface area contributed by atoms with Crippen LogP contribution in [0.15, 0.2) is 30.6 Å². The second-order valence-corrected chi connectivity index (χ2v) is 5.89. The van der Waals surface area contributed by atoms with Gasteiger partial charge in [0, 0.05) is 30.9 Å². The summed E-state index contributed by atoms with van der Waals surface area (Å²) < 4.78 is 15.9. The summed E-state index contributed by atoms with van der Waals surface area (Å²) in [6.07, 6.45) is 5.83. The molecule has 3 nitrogen and oxygen atoms in total. The van der Waals surface area contributed by atoms with Crippen molar-refractivity contribution in [2.24, 2.45) is 5.92 Å². The Balaban J connectivity index is 1.77. The lowest BCUT2D eigenvalue weighted by molar-refractivity contribution is 0.338. The molecule has 0 aliphatic heterocycles. The summed E-state index contributed by atoms with van der Waals surface area (Å²) in [5.74, 6) is 0.450. The zero-order chi connectivity index (χ0) is 14.8. The number of halogens is 1. The summed E-state index contributed by atoms with van der Waals surface area (Å²) in [5.41, 5.74) is 3.18. The Morgan fingerprint density at radius 2 is 2.29 bits per heavy atom. The van der Waals surface area contributed by atoms with Crippen LogP contribution in [-0.2, 0) is 19.5 Å². The van der Waals surface area contributed by atoms with Crippen LogP contribution in [0.1, 0.15) is 43.0 Å². The third-order valence-electron chi connectivity index (χ3n) is 4.45. The van der Waals surface area contributed by atoms with Gasteiger partial charge in [-0.3, -0.25) is 4.68 Å². The van der Waals surface area contributed by atoms with Crippen molar-refractivity contribution < 1.29 is 4.39 Å². The van der Waals surface area contributed by atoms with Gasteiger partial charge in [-0.15, -0.1) is 0 Å². The van der Waals surface area contributed by atoms with Crippen LogP contribution >= 0.6 is 0 Å². The highest BCUT2D eigenvalue weighted by atomic mass is 19.1. The molecule has 0 bridgehead atoms. The first-order valence-corrected chi connectivity index (χ1v) is 7.71. The van der Waals surface area contributed by atoms with E-state index >= 15 is 0 Å². The van der Waals surface area contributed by atoms with Crippen LogP contribution in [0.25, 0.3) is 0 Å². The first-order chi connectivity index (χ1) is 10.2. The van der Waals surface area contributed by atoms with Crippen molar-refractivity contribution in [3.8, 4) is 0 Å². The van der Waals surface area contributed by atoms with Crippen LogP contribution in [0.2, 0.25) is 0 Å². The minimum atomic E-state index is -0.0648.